The second-order valence-corrected chi connectivity index (χ2v) is 4.21. The van der Waals surface area contributed by atoms with E-state index in [2.05, 4.69) is 16.4 Å². The van der Waals surface area contributed by atoms with Crippen molar-refractivity contribution in [2.75, 3.05) is 6.54 Å². The van der Waals surface area contributed by atoms with Crippen molar-refractivity contribution in [3.05, 3.63) is 42.1 Å². The Hall–Kier alpha value is -1.94. The van der Waals surface area contributed by atoms with Crippen molar-refractivity contribution in [3.63, 3.8) is 0 Å². The smallest absolute Gasteiger partial charge is 0.303 e. The molecule has 0 spiro atoms. The number of hydrogen-bond donors (Lipinski definition) is 2. The Balaban J connectivity index is 1.86. The number of rotatable bonds is 6. The zero-order valence-electron chi connectivity index (χ0n) is 10.1. The molecule has 0 bridgehead atoms. The number of carboxylic acid groups (broad SMARTS) is 1. The predicted octanol–water partition coefficient (Wildman–Crippen LogP) is 2.19. The third kappa shape index (κ3) is 3.53. The fourth-order valence-corrected chi connectivity index (χ4v) is 1.81. The minimum Gasteiger partial charge on any atom is -0.481 e. The van der Waals surface area contributed by atoms with Crippen LogP contribution < -0.4 is 5.32 Å². The van der Waals surface area contributed by atoms with Crippen molar-refractivity contribution in [1.82, 2.24) is 10.3 Å². The first-order valence-corrected chi connectivity index (χ1v) is 6.02. The van der Waals surface area contributed by atoms with Gasteiger partial charge in [-0.15, -0.1) is 0 Å². The molecule has 0 unspecified atom stereocenters. The quantitative estimate of drug-likeness (QED) is 0.765. The van der Waals surface area contributed by atoms with Crippen LogP contribution in [-0.4, -0.2) is 22.6 Å². The molecule has 1 heterocycles. The van der Waals surface area contributed by atoms with Crippen LogP contribution in [0.3, 0.4) is 0 Å². The SMILES string of the molecule is O=C(O)CCCNCc1cnc2ccccc2c1. The topological polar surface area (TPSA) is 62.2 Å². The predicted molar refractivity (Wildman–Crippen MR) is 70.3 cm³/mol. The number of nitrogens with zero attached hydrogens (tertiary/aromatic N) is 1. The zero-order valence-corrected chi connectivity index (χ0v) is 10.1. The average Bonchev–Trinajstić information content (AvgIpc) is 2.38. The van der Waals surface area contributed by atoms with Crippen molar-refractivity contribution in [2.45, 2.75) is 19.4 Å². The molecule has 18 heavy (non-hydrogen) atoms. The van der Waals surface area contributed by atoms with Gasteiger partial charge >= 0.3 is 5.97 Å². The van der Waals surface area contributed by atoms with E-state index in [0.29, 0.717) is 13.0 Å². The molecule has 0 amide bonds. The molecule has 0 fully saturated rings. The summed E-state index contributed by atoms with van der Waals surface area (Å²) < 4.78 is 0. The third-order valence-corrected chi connectivity index (χ3v) is 2.72. The summed E-state index contributed by atoms with van der Waals surface area (Å²) in [6.07, 6.45) is 2.71. The summed E-state index contributed by atoms with van der Waals surface area (Å²) in [5.41, 5.74) is 2.11. The molecule has 0 atom stereocenters. The first-order chi connectivity index (χ1) is 8.75. The number of pyridine rings is 1. The lowest BCUT2D eigenvalue weighted by atomic mass is 10.1. The van der Waals surface area contributed by atoms with Gasteiger partial charge in [-0.25, -0.2) is 0 Å². The Kier molecular flexibility index (Phi) is 4.25. The molecule has 2 N–H and O–H groups in total. The van der Waals surface area contributed by atoms with Gasteiger partial charge < -0.3 is 10.4 Å². The number of para-hydroxylation sites is 1. The summed E-state index contributed by atoms with van der Waals surface area (Å²) >= 11 is 0. The number of benzene rings is 1. The highest BCUT2D eigenvalue weighted by atomic mass is 16.4. The van der Waals surface area contributed by atoms with Crippen molar-refractivity contribution in [3.8, 4) is 0 Å². The van der Waals surface area contributed by atoms with Gasteiger partial charge in [-0.2, -0.15) is 0 Å². The van der Waals surface area contributed by atoms with E-state index < -0.39 is 5.97 Å². The Morgan fingerprint density at radius 2 is 2.17 bits per heavy atom. The molecule has 94 valence electrons. The van der Waals surface area contributed by atoms with E-state index in [0.717, 1.165) is 23.0 Å². The zero-order chi connectivity index (χ0) is 12.8. The highest BCUT2D eigenvalue weighted by Crippen LogP contribution is 2.12. The molecule has 0 aliphatic rings. The van der Waals surface area contributed by atoms with Gasteiger partial charge in [0.15, 0.2) is 0 Å². The average molecular weight is 244 g/mol. The number of carboxylic acids is 1. The highest BCUT2D eigenvalue weighted by Gasteiger charge is 1.98. The van der Waals surface area contributed by atoms with E-state index in [4.69, 9.17) is 5.11 Å². The number of aliphatic carboxylic acids is 1. The van der Waals surface area contributed by atoms with Crippen LogP contribution in [0.25, 0.3) is 10.9 Å². The molecule has 0 radical (unpaired) electrons. The third-order valence-electron chi connectivity index (χ3n) is 2.72. The van der Waals surface area contributed by atoms with Gasteiger partial charge in [0.2, 0.25) is 0 Å². The lowest BCUT2D eigenvalue weighted by molar-refractivity contribution is -0.137. The molecule has 0 saturated carbocycles. The highest BCUT2D eigenvalue weighted by molar-refractivity contribution is 5.78. The summed E-state index contributed by atoms with van der Waals surface area (Å²) in [5, 5.41) is 12.9. The van der Waals surface area contributed by atoms with Gasteiger partial charge in [0.1, 0.15) is 0 Å². The van der Waals surface area contributed by atoms with Gasteiger partial charge in [-0.1, -0.05) is 18.2 Å². The van der Waals surface area contributed by atoms with Gasteiger partial charge in [0.25, 0.3) is 0 Å². The van der Waals surface area contributed by atoms with E-state index in [1.807, 2.05) is 30.5 Å². The fraction of sp³-hybridized carbons (Fsp3) is 0.286. The van der Waals surface area contributed by atoms with Crippen molar-refractivity contribution in [2.24, 2.45) is 0 Å². The van der Waals surface area contributed by atoms with Gasteiger partial charge in [0, 0.05) is 24.5 Å². The number of hydrogen-bond acceptors (Lipinski definition) is 3. The van der Waals surface area contributed by atoms with Crippen molar-refractivity contribution < 1.29 is 9.90 Å². The van der Waals surface area contributed by atoms with Crippen LogP contribution >= 0.6 is 0 Å². The molecular weight excluding hydrogens is 228 g/mol. The maximum Gasteiger partial charge on any atom is 0.303 e. The number of carbonyl (C=O) groups is 1. The Morgan fingerprint density at radius 1 is 1.33 bits per heavy atom. The van der Waals surface area contributed by atoms with Crippen LogP contribution in [0.4, 0.5) is 0 Å². The van der Waals surface area contributed by atoms with E-state index >= 15 is 0 Å². The first kappa shape index (κ1) is 12.5. The van der Waals surface area contributed by atoms with Crippen LogP contribution in [-0.2, 0) is 11.3 Å². The minimum atomic E-state index is -0.746. The Bertz CT molecular complexity index is 540. The van der Waals surface area contributed by atoms with Crippen LogP contribution in [0.15, 0.2) is 36.5 Å². The van der Waals surface area contributed by atoms with Crippen LogP contribution in [0.1, 0.15) is 18.4 Å². The monoisotopic (exact) mass is 244 g/mol. The minimum absolute atomic E-state index is 0.211. The molecule has 2 rings (SSSR count). The molecule has 4 heteroatoms. The van der Waals surface area contributed by atoms with E-state index in [1.54, 1.807) is 0 Å². The fourth-order valence-electron chi connectivity index (χ4n) is 1.81. The summed E-state index contributed by atoms with van der Waals surface area (Å²) in [7, 11) is 0. The molecule has 0 aliphatic heterocycles. The van der Waals surface area contributed by atoms with Gasteiger partial charge in [0.05, 0.1) is 5.52 Å². The summed E-state index contributed by atoms with van der Waals surface area (Å²) in [4.78, 5) is 14.7. The maximum absolute atomic E-state index is 10.3. The summed E-state index contributed by atoms with van der Waals surface area (Å²) in [6.45, 7) is 1.43. The van der Waals surface area contributed by atoms with E-state index in [-0.39, 0.29) is 6.42 Å². The van der Waals surface area contributed by atoms with Crippen LogP contribution in [0.2, 0.25) is 0 Å². The van der Waals surface area contributed by atoms with Gasteiger partial charge in [-0.3, -0.25) is 9.78 Å². The molecule has 0 saturated heterocycles. The maximum atomic E-state index is 10.3. The molecule has 1 aromatic carbocycles. The van der Waals surface area contributed by atoms with Crippen molar-refractivity contribution in [1.29, 1.82) is 0 Å². The standard InChI is InChI=1S/C14H16N2O2/c17-14(18)6-3-7-15-9-11-8-12-4-1-2-5-13(12)16-10-11/h1-2,4-5,8,10,15H,3,6-7,9H2,(H,17,18). The lowest BCUT2D eigenvalue weighted by Gasteiger charge is -2.05. The largest absolute Gasteiger partial charge is 0.481 e. The molecule has 4 nitrogen and oxygen atoms in total. The normalized spacial score (nSPS) is 10.7. The Labute approximate surface area is 106 Å². The van der Waals surface area contributed by atoms with Crippen LogP contribution in [0.5, 0.6) is 0 Å². The number of aromatic nitrogens is 1. The number of fused-ring (bicyclic) bond motifs is 1. The molecule has 0 aliphatic carbocycles. The van der Waals surface area contributed by atoms with Gasteiger partial charge in [-0.05, 0) is 30.7 Å². The van der Waals surface area contributed by atoms with E-state index in [9.17, 15) is 4.79 Å². The van der Waals surface area contributed by atoms with Crippen molar-refractivity contribution >= 4 is 16.9 Å². The number of nitrogens with one attached hydrogen (secondary N) is 1. The Morgan fingerprint density at radius 3 is 3.00 bits per heavy atom. The first-order valence-electron chi connectivity index (χ1n) is 6.02. The second-order valence-electron chi connectivity index (χ2n) is 4.21. The summed E-state index contributed by atoms with van der Waals surface area (Å²) in [5.74, 6) is -0.746. The second kappa shape index (κ2) is 6.12. The molecule has 1 aromatic heterocycles. The molecular formula is C14H16N2O2. The van der Waals surface area contributed by atoms with E-state index in [1.165, 1.54) is 0 Å². The lowest BCUT2D eigenvalue weighted by Crippen LogP contribution is -2.15. The van der Waals surface area contributed by atoms with Crippen LogP contribution in [0, 0.1) is 0 Å². The molecule has 2 aromatic rings. The summed E-state index contributed by atoms with van der Waals surface area (Å²) in [6, 6.07) is 10.1.